The van der Waals surface area contributed by atoms with Crippen LogP contribution in [0.5, 0.6) is 0 Å². The minimum atomic E-state index is -0.829. The number of fused-ring (bicyclic) bond motifs is 1. The number of carbonyl (C=O) groups is 2. The molecule has 0 bridgehead atoms. The van der Waals surface area contributed by atoms with Crippen LogP contribution in [0.4, 0.5) is 16.2 Å². The van der Waals surface area contributed by atoms with Crippen LogP contribution in [-0.2, 0) is 0 Å². The van der Waals surface area contributed by atoms with E-state index in [0.717, 1.165) is 6.42 Å². The molecular weight excluding hydrogens is 372 g/mol. The van der Waals surface area contributed by atoms with Gasteiger partial charge in [-0.1, -0.05) is 13.8 Å². The fourth-order valence-corrected chi connectivity index (χ4v) is 3.80. The molecule has 9 heteroatoms. The molecule has 2 heterocycles. The summed E-state index contributed by atoms with van der Waals surface area (Å²) in [5.74, 6) is -0.599. The average Bonchev–Trinajstić information content (AvgIpc) is 3.07. The van der Waals surface area contributed by atoms with Gasteiger partial charge < -0.3 is 26.8 Å². The van der Waals surface area contributed by atoms with Gasteiger partial charge in [0.2, 0.25) is 0 Å². The Labute approximate surface area is 170 Å². The SMILES string of the molecule is CC(C)NC(=O)Nc1cc2c(N[C@@H]3CC[C@@](C)(O)C3(C)C)c(C(N)=O)cnn2c1. The Kier molecular flexibility index (Phi) is 5.20. The van der Waals surface area contributed by atoms with E-state index in [1.54, 1.807) is 16.8 Å². The summed E-state index contributed by atoms with van der Waals surface area (Å²) in [5.41, 5.74) is 6.29. The van der Waals surface area contributed by atoms with E-state index in [-0.39, 0.29) is 23.7 Å². The molecule has 2 aromatic heterocycles. The summed E-state index contributed by atoms with van der Waals surface area (Å²) >= 11 is 0. The molecule has 2 atom stereocenters. The molecule has 0 radical (unpaired) electrons. The maximum atomic E-state index is 12.0. The van der Waals surface area contributed by atoms with Gasteiger partial charge in [0.15, 0.2) is 0 Å². The lowest BCUT2D eigenvalue weighted by Gasteiger charge is -2.38. The molecule has 29 heavy (non-hydrogen) atoms. The van der Waals surface area contributed by atoms with Gasteiger partial charge in [0.05, 0.1) is 40.4 Å². The van der Waals surface area contributed by atoms with Gasteiger partial charge in [-0.05, 0) is 39.7 Å². The Morgan fingerprint density at radius 2 is 2.03 bits per heavy atom. The van der Waals surface area contributed by atoms with E-state index in [1.807, 2.05) is 34.6 Å². The van der Waals surface area contributed by atoms with E-state index < -0.39 is 16.9 Å². The molecule has 1 aliphatic carbocycles. The Balaban J connectivity index is 1.99. The maximum Gasteiger partial charge on any atom is 0.319 e. The van der Waals surface area contributed by atoms with Gasteiger partial charge in [0, 0.05) is 17.5 Å². The fraction of sp³-hybridized carbons (Fsp3) is 0.550. The average molecular weight is 402 g/mol. The van der Waals surface area contributed by atoms with Crippen molar-refractivity contribution < 1.29 is 14.7 Å². The van der Waals surface area contributed by atoms with Crippen molar-refractivity contribution in [2.45, 2.75) is 65.1 Å². The highest BCUT2D eigenvalue weighted by Gasteiger charge is 2.50. The summed E-state index contributed by atoms with van der Waals surface area (Å²) in [6, 6.07) is 1.34. The molecule has 0 spiro atoms. The number of carbonyl (C=O) groups excluding carboxylic acids is 2. The summed E-state index contributed by atoms with van der Waals surface area (Å²) in [4.78, 5) is 24.1. The van der Waals surface area contributed by atoms with Crippen LogP contribution in [0, 0.1) is 5.41 Å². The quantitative estimate of drug-likeness (QED) is 0.523. The molecular formula is C20H30N6O3. The zero-order valence-corrected chi connectivity index (χ0v) is 17.5. The highest BCUT2D eigenvalue weighted by molar-refractivity contribution is 6.02. The number of rotatable bonds is 5. The zero-order chi connectivity index (χ0) is 21.6. The summed E-state index contributed by atoms with van der Waals surface area (Å²) in [6.45, 7) is 9.58. The van der Waals surface area contributed by atoms with Crippen LogP contribution in [0.1, 0.15) is 57.8 Å². The minimum absolute atomic E-state index is 0.00115. The number of anilines is 2. The van der Waals surface area contributed by atoms with Gasteiger partial charge >= 0.3 is 6.03 Å². The highest BCUT2D eigenvalue weighted by Crippen LogP contribution is 2.47. The molecule has 2 aromatic rings. The third kappa shape index (κ3) is 3.87. The Bertz CT molecular complexity index is 947. The molecule has 0 aliphatic heterocycles. The number of nitrogens with zero attached hydrogens (tertiary/aromatic N) is 2. The van der Waals surface area contributed by atoms with Crippen LogP contribution in [0.15, 0.2) is 18.5 Å². The zero-order valence-electron chi connectivity index (χ0n) is 17.5. The molecule has 1 fully saturated rings. The number of primary amides is 1. The molecule has 3 rings (SSSR count). The second kappa shape index (κ2) is 7.22. The predicted octanol–water partition coefficient (Wildman–Crippen LogP) is 2.31. The van der Waals surface area contributed by atoms with Gasteiger partial charge in [0.25, 0.3) is 5.91 Å². The van der Waals surface area contributed by atoms with E-state index in [1.165, 1.54) is 6.20 Å². The van der Waals surface area contributed by atoms with Crippen molar-refractivity contribution >= 4 is 28.8 Å². The van der Waals surface area contributed by atoms with Gasteiger partial charge in [0.1, 0.15) is 0 Å². The van der Waals surface area contributed by atoms with Gasteiger partial charge in [-0.3, -0.25) is 4.79 Å². The van der Waals surface area contributed by atoms with E-state index >= 15 is 0 Å². The Hall–Kier alpha value is -2.81. The summed E-state index contributed by atoms with van der Waals surface area (Å²) in [7, 11) is 0. The van der Waals surface area contributed by atoms with Crippen molar-refractivity contribution in [3.63, 3.8) is 0 Å². The maximum absolute atomic E-state index is 12.0. The fourth-order valence-electron chi connectivity index (χ4n) is 3.80. The number of aliphatic hydroxyl groups is 1. The van der Waals surface area contributed by atoms with Crippen molar-refractivity contribution in [2.75, 3.05) is 10.6 Å². The normalized spacial score (nSPS) is 23.3. The van der Waals surface area contributed by atoms with Crippen LogP contribution in [0.3, 0.4) is 0 Å². The van der Waals surface area contributed by atoms with Crippen molar-refractivity contribution in [1.82, 2.24) is 14.9 Å². The first kappa shape index (κ1) is 20.9. The number of nitrogens with two attached hydrogens (primary N) is 1. The molecule has 0 saturated heterocycles. The third-order valence-corrected chi connectivity index (χ3v) is 6.08. The molecule has 6 N–H and O–H groups in total. The molecule has 9 nitrogen and oxygen atoms in total. The predicted molar refractivity (Wildman–Crippen MR) is 112 cm³/mol. The second-order valence-corrected chi connectivity index (χ2v) is 8.84. The van der Waals surface area contributed by atoms with Gasteiger partial charge in [-0.2, -0.15) is 5.10 Å². The summed E-state index contributed by atoms with van der Waals surface area (Å²) in [5, 5.41) is 23.9. The topological polar surface area (TPSA) is 134 Å². The number of hydrogen-bond acceptors (Lipinski definition) is 5. The van der Waals surface area contributed by atoms with E-state index in [9.17, 15) is 14.7 Å². The number of hydrogen-bond donors (Lipinski definition) is 5. The molecule has 3 amide bonds. The van der Waals surface area contributed by atoms with Crippen molar-refractivity contribution in [3.05, 3.63) is 24.0 Å². The van der Waals surface area contributed by atoms with Crippen LogP contribution < -0.4 is 21.7 Å². The standard InChI is InChI=1S/C20H30N6O3/c1-11(2)23-18(28)24-12-8-14-16(13(17(21)27)9-22-26(14)10-12)25-15-6-7-20(5,29)19(15,3)4/h8-11,15,25,29H,6-7H2,1-5H3,(H2,21,27)(H2,23,24,28)/t15-,20-/m1/s1. The van der Waals surface area contributed by atoms with Crippen molar-refractivity contribution in [2.24, 2.45) is 11.1 Å². The molecule has 0 unspecified atom stereocenters. The first-order valence-electron chi connectivity index (χ1n) is 9.80. The lowest BCUT2D eigenvalue weighted by molar-refractivity contribution is -0.0283. The molecule has 158 valence electrons. The minimum Gasteiger partial charge on any atom is -0.390 e. The number of nitrogens with one attached hydrogen (secondary N) is 3. The van der Waals surface area contributed by atoms with E-state index in [0.29, 0.717) is 23.3 Å². The lowest BCUT2D eigenvalue weighted by Crippen LogP contribution is -2.45. The number of aromatic nitrogens is 2. The lowest BCUT2D eigenvalue weighted by atomic mass is 9.76. The van der Waals surface area contributed by atoms with Crippen LogP contribution >= 0.6 is 0 Å². The summed E-state index contributed by atoms with van der Waals surface area (Å²) < 4.78 is 1.58. The highest BCUT2D eigenvalue weighted by atomic mass is 16.3. The van der Waals surface area contributed by atoms with E-state index in [4.69, 9.17) is 5.73 Å². The van der Waals surface area contributed by atoms with Gasteiger partial charge in [-0.15, -0.1) is 0 Å². The van der Waals surface area contributed by atoms with Crippen molar-refractivity contribution in [3.8, 4) is 0 Å². The first-order valence-corrected chi connectivity index (χ1v) is 9.80. The monoisotopic (exact) mass is 402 g/mol. The third-order valence-electron chi connectivity index (χ3n) is 6.08. The second-order valence-electron chi connectivity index (χ2n) is 8.84. The Morgan fingerprint density at radius 3 is 2.59 bits per heavy atom. The number of urea groups is 1. The van der Waals surface area contributed by atoms with Crippen LogP contribution in [0.2, 0.25) is 0 Å². The van der Waals surface area contributed by atoms with Crippen molar-refractivity contribution in [1.29, 1.82) is 0 Å². The smallest absolute Gasteiger partial charge is 0.319 e. The largest absolute Gasteiger partial charge is 0.390 e. The van der Waals surface area contributed by atoms with Gasteiger partial charge in [-0.25, -0.2) is 9.31 Å². The molecule has 0 aromatic carbocycles. The Morgan fingerprint density at radius 1 is 1.34 bits per heavy atom. The number of amides is 3. The molecule has 1 aliphatic rings. The van der Waals surface area contributed by atoms with Crippen LogP contribution in [-0.4, -0.2) is 44.3 Å². The summed E-state index contributed by atoms with van der Waals surface area (Å²) in [6.07, 6.45) is 4.47. The molecule has 1 saturated carbocycles. The first-order chi connectivity index (χ1) is 13.4. The van der Waals surface area contributed by atoms with Crippen LogP contribution in [0.25, 0.3) is 5.52 Å². The van der Waals surface area contributed by atoms with E-state index in [2.05, 4.69) is 21.0 Å².